The van der Waals surface area contributed by atoms with E-state index >= 15 is 0 Å². The Morgan fingerprint density at radius 1 is 1.43 bits per heavy atom. The predicted molar refractivity (Wildman–Crippen MR) is 62.5 cm³/mol. The minimum Gasteiger partial charge on any atom is -0.294 e. The van der Waals surface area contributed by atoms with Gasteiger partial charge < -0.3 is 0 Å². The fourth-order valence-corrected chi connectivity index (χ4v) is 1.64. The average molecular weight is 253 g/mol. The second kappa shape index (κ2) is 5.11. The predicted octanol–water partition coefficient (Wildman–Crippen LogP) is 3.99. The van der Waals surface area contributed by atoms with Crippen LogP contribution in [0, 0.1) is 0 Å². The molecule has 1 rings (SSSR count). The second-order valence-electron chi connectivity index (χ2n) is 3.18. The van der Waals surface area contributed by atoms with Gasteiger partial charge in [0.05, 0.1) is 0 Å². The highest BCUT2D eigenvalue weighted by Crippen LogP contribution is 2.19. The molecule has 1 aromatic carbocycles. The maximum atomic E-state index is 11.7. The van der Waals surface area contributed by atoms with Crippen LogP contribution in [0.1, 0.15) is 30.1 Å². The van der Waals surface area contributed by atoms with E-state index in [1.54, 1.807) is 0 Å². The average Bonchev–Trinajstić information content (AvgIpc) is 2.18. The van der Waals surface area contributed by atoms with Gasteiger partial charge in [0.1, 0.15) is 0 Å². The largest absolute Gasteiger partial charge is 0.294 e. The third-order valence-corrected chi connectivity index (χ3v) is 2.78. The third kappa shape index (κ3) is 2.81. The van der Waals surface area contributed by atoms with Crippen molar-refractivity contribution in [1.82, 2.24) is 0 Å². The molecule has 0 bridgehead atoms. The zero-order valence-corrected chi connectivity index (χ0v) is 9.80. The summed E-state index contributed by atoms with van der Waals surface area (Å²) in [4.78, 5) is 11.7. The fourth-order valence-electron chi connectivity index (χ4n) is 1.13. The van der Waals surface area contributed by atoms with Crippen LogP contribution in [0.3, 0.4) is 0 Å². The normalized spacial score (nSPS) is 9.86. The molecule has 0 saturated heterocycles. The number of benzene rings is 1. The van der Waals surface area contributed by atoms with E-state index in [2.05, 4.69) is 22.5 Å². The molecule has 0 atom stereocenters. The lowest BCUT2D eigenvalue weighted by Gasteiger charge is -2.04. The van der Waals surface area contributed by atoms with E-state index < -0.39 is 0 Å². The number of allylic oxidation sites excluding steroid dienone is 1. The van der Waals surface area contributed by atoms with E-state index in [1.165, 1.54) is 0 Å². The number of carbonyl (C=O) groups excluding carboxylic acids is 1. The maximum Gasteiger partial charge on any atom is 0.168 e. The summed E-state index contributed by atoms with van der Waals surface area (Å²) in [6, 6.07) is 7.47. The first-order chi connectivity index (χ1) is 6.65. The van der Waals surface area contributed by atoms with Gasteiger partial charge in [-0.25, -0.2) is 0 Å². The van der Waals surface area contributed by atoms with E-state index in [-0.39, 0.29) is 5.78 Å². The SMILES string of the molecule is C=C(CC)CC(=O)c1ccccc1Br. The van der Waals surface area contributed by atoms with Gasteiger partial charge in [-0.1, -0.05) is 53.2 Å². The van der Waals surface area contributed by atoms with Gasteiger partial charge in [-0.15, -0.1) is 0 Å². The van der Waals surface area contributed by atoms with Crippen LogP contribution < -0.4 is 0 Å². The minimum absolute atomic E-state index is 0.129. The van der Waals surface area contributed by atoms with Gasteiger partial charge in [0.25, 0.3) is 0 Å². The molecule has 1 aromatic rings. The molecule has 0 aromatic heterocycles. The number of ketones is 1. The van der Waals surface area contributed by atoms with E-state index in [0.29, 0.717) is 6.42 Å². The van der Waals surface area contributed by atoms with Gasteiger partial charge in [0.2, 0.25) is 0 Å². The van der Waals surface area contributed by atoms with Gasteiger partial charge in [0, 0.05) is 16.5 Å². The zero-order chi connectivity index (χ0) is 10.6. The van der Waals surface area contributed by atoms with Crippen molar-refractivity contribution >= 4 is 21.7 Å². The van der Waals surface area contributed by atoms with Crippen molar-refractivity contribution in [3.05, 3.63) is 46.5 Å². The van der Waals surface area contributed by atoms with Crippen molar-refractivity contribution in [3.63, 3.8) is 0 Å². The number of Topliss-reactive ketones (excluding diaryl/α,β-unsaturated/α-hetero) is 1. The van der Waals surface area contributed by atoms with E-state index in [4.69, 9.17) is 0 Å². The number of carbonyl (C=O) groups is 1. The zero-order valence-electron chi connectivity index (χ0n) is 8.22. The Balaban J connectivity index is 2.80. The number of rotatable bonds is 4. The van der Waals surface area contributed by atoms with Gasteiger partial charge >= 0.3 is 0 Å². The smallest absolute Gasteiger partial charge is 0.168 e. The molecule has 2 heteroatoms. The van der Waals surface area contributed by atoms with Crippen LogP contribution in [0.25, 0.3) is 0 Å². The van der Waals surface area contributed by atoms with Crippen LogP contribution in [-0.4, -0.2) is 5.78 Å². The Morgan fingerprint density at radius 3 is 2.64 bits per heavy atom. The fraction of sp³-hybridized carbons (Fsp3) is 0.250. The summed E-state index contributed by atoms with van der Waals surface area (Å²) >= 11 is 3.36. The molecule has 74 valence electrons. The Labute approximate surface area is 93.0 Å². The number of hydrogen-bond acceptors (Lipinski definition) is 1. The van der Waals surface area contributed by atoms with E-state index in [0.717, 1.165) is 22.0 Å². The van der Waals surface area contributed by atoms with Crippen LogP contribution in [0.4, 0.5) is 0 Å². The maximum absolute atomic E-state index is 11.7. The van der Waals surface area contributed by atoms with Crippen molar-refractivity contribution < 1.29 is 4.79 Å². The highest BCUT2D eigenvalue weighted by Gasteiger charge is 2.09. The van der Waals surface area contributed by atoms with E-state index in [9.17, 15) is 4.79 Å². The van der Waals surface area contributed by atoms with Crippen LogP contribution in [-0.2, 0) is 0 Å². The van der Waals surface area contributed by atoms with Crippen LogP contribution >= 0.6 is 15.9 Å². The molecule has 0 aliphatic heterocycles. The summed E-state index contributed by atoms with van der Waals surface area (Å²) in [5, 5.41) is 0. The topological polar surface area (TPSA) is 17.1 Å². The molecule has 0 amide bonds. The molecule has 0 aliphatic carbocycles. The minimum atomic E-state index is 0.129. The van der Waals surface area contributed by atoms with E-state index in [1.807, 2.05) is 31.2 Å². The molecule has 0 spiro atoms. The molecule has 0 unspecified atom stereocenters. The lowest BCUT2D eigenvalue weighted by Crippen LogP contribution is -2.00. The standard InChI is InChI=1S/C12H13BrO/c1-3-9(2)8-12(14)10-6-4-5-7-11(10)13/h4-7H,2-3,8H2,1H3. The number of halogens is 1. The highest BCUT2D eigenvalue weighted by molar-refractivity contribution is 9.10. The molecule has 0 heterocycles. The Morgan fingerprint density at radius 2 is 2.07 bits per heavy atom. The van der Waals surface area contributed by atoms with Crippen molar-refractivity contribution in [2.45, 2.75) is 19.8 Å². The second-order valence-corrected chi connectivity index (χ2v) is 4.04. The van der Waals surface area contributed by atoms with Gasteiger partial charge in [-0.05, 0) is 12.5 Å². The quantitative estimate of drug-likeness (QED) is 0.585. The molecule has 0 aliphatic rings. The first-order valence-corrected chi connectivity index (χ1v) is 5.38. The molecule has 0 saturated carbocycles. The molecule has 14 heavy (non-hydrogen) atoms. The molecule has 0 radical (unpaired) electrons. The first kappa shape index (κ1) is 11.2. The molecule has 1 nitrogen and oxygen atoms in total. The van der Waals surface area contributed by atoms with Crippen LogP contribution in [0.2, 0.25) is 0 Å². The number of hydrogen-bond donors (Lipinski definition) is 0. The van der Waals surface area contributed by atoms with Gasteiger partial charge in [0.15, 0.2) is 5.78 Å². The molecule has 0 N–H and O–H groups in total. The highest BCUT2D eigenvalue weighted by atomic mass is 79.9. The lowest BCUT2D eigenvalue weighted by atomic mass is 10.0. The van der Waals surface area contributed by atoms with Gasteiger partial charge in [-0.3, -0.25) is 4.79 Å². The summed E-state index contributed by atoms with van der Waals surface area (Å²) in [6.45, 7) is 5.84. The van der Waals surface area contributed by atoms with Crippen molar-refractivity contribution in [1.29, 1.82) is 0 Å². The third-order valence-electron chi connectivity index (χ3n) is 2.08. The van der Waals surface area contributed by atoms with Crippen molar-refractivity contribution in [3.8, 4) is 0 Å². The molecular weight excluding hydrogens is 240 g/mol. The Hall–Kier alpha value is -0.890. The Bertz CT molecular complexity index is 355. The van der Waals surface area contributed by atoms with Gasteiger partial charge in [-0.2, -0.15) is 0 Å². The summed E-state index contributed by atoms with van der Waals surface area (Å²) in [6.07, 6.45) is 1.30. The monoisotopic (exact) mass is 252 g/mol. The molecule has 0 fully saturated rings. The van der Waals surface area contributed by atoms with Crippen LogP contribution in [0.5, 0.6) is 0 Å². The lowest BCUT2D eigenvalue weighted by molar-refractivity contribution is 0.0991. The van der Waals surface area contributed by atoms with Crippen molar-refractivity contribution in [2.24, 2.45) is 0 Å². The summed E-state index contributed by atoms with van der Waals surface area (Å²) in [5.41, 5.74) is 1.72. The Kier molecular flexibility index (Phi) is 4.08. The summed E-state index contributed by atoms with van der Waals surface area (Å²) < 4.78 is 0.855. The van der Waals surface area contributed by atoms with Crippen LogP contribution in [0.15, 0.2) is 40.9 Å². The summed E-state index contributed by atoms with van der Waals surface area (Å²) in [5.74, 6) is 0.129. The summed E-state index contributed by atoms with van der Waals surface area (Å²) in [7, 11) is 0. The molecular formula is C12H13BrO. The first-order valence-electron chi connectivity index (χ1n) is 4.59. The van der Waals surface area contributed by atoms with Crippen molar-refractivity contribution in [2.75, 3.05) is 0 Å².